The van der Waals surface area contributed by atoms with Crippen molar-refractivity contribution in [2.45, 2.75) is 12.0 Å². The third-order valence-electron chi connectivity index (χ3n) is 3.08. The topological polar surface area (TPSA) is 84.6 Å². The van der Waals surface area contributed by atoms with Crippen LogP contribution in [-0.4, -0.2) is 40.8 Å². The highest BCUT2D eigenvalue weighted by molar-refractivity contribution is 7.99. The van der Waals surface area contributed by atoms with Crippen molar-refractivity contribution < 1.29 is 14.8 Å². The highest BCUT2D eigenvalue weighted by Crippen LogP contribution is 2.31. The predicted octanol–water partition coefficient (Wildman–Crippen LogP) is 1.88. The maximum atomic E-state index is 10.8. The molecule has 19 heavy (non-hydrogen) atoms. The molecule has 104 valence electrons. The summed E-state index contributed by atoms with van der Waals surface area (Å²) >= 11 is 1.73. The molecule has 1 saturated heterocycles. The summed E-state index contributed by atoms with van der Waals surface area (Å²) in [5.41, 5.74) is -0.0596. The first-order chi connectivity index (χ1) is 9.04. The van der Waals surface area contributed by atoms with Crippen molar-refractivity contribution in [1.29, 1.82) is 0 Å². The van der Waals surface area contributed by atoms with E-state index in [0.29, 0.717) is 18.0 Å². The molecule has 0 aliphatic carbocycles. The molecule has 1 heterocycles. The van der Waals surface area contributed by atoms with E-state index in [0.717, 1.165) is 12.2 Å². The summed E-state index contributed by atoms with van der Waals surface area (Å²) in [5.74, 6) is 1.88. The van der Waals surface area contributed by atoms with Gasteiger partial charge in [-0.25, -0.2) is 0 Å². The summed E-state index contributed by atoms with van der Waals surface area (Å²) in [6.07, 6.45) is 0.759. The number of methoxy groups -OCH3 is 1. The smallest absolute Gasteiger partial charge is 0.311 e. The molecule has 1 atom stereocenters. The Balaban J connectivity index is 2.07. The Morgan fingerprint density at radius 2 is 2.42 bits per heavy atom. The molecule has 0 spiro atoms. The number of hydrogen-bond donors (Lipinski definition) is 2. The third-order valence-corrected chi connectivity index (χ3v) is 4.31. The molecular weight excluding hydrogens is 268 g/mol. The molecule has 0 bridgehead atoms. The second-order valence-corrected chi connectivity index (χ2v) is 5.63. The number of nitrogens with one attached hydrogen (secondary N) is 1. The lowest BCUT2D eigenvalue weighted by Gasteiger charge is -2.22. The summed E-state index contributed by atoms with van der Waals surface area (Å²) in [7, 11) is 1.40. The summed E-state index contributed by atoms with van der Waals surface area (Å²) < 4.78 is 5.00. The molecular formula is C12H16N2O4S. The van der Waals surface area contributed by atoms with Gasteiger partial charge in [0.2, 0.25) is 0 Å². The molecule has 2 rings (SSSR count). The van der Waals surface area contributed by atoms with Crippen LogP contribution in [0.2, 0.25) is 0 Å². The Bertz CT molecular complexity index is 475. The van der Waals surface area contributed by atoms with Gasteiger partial charge in [0.1, 0.15) is 0 Å². The minimum absolute atomic E-state index is 0.0665. The van der Waals surface area contributed by atoms with E-state index in [-0.39, 0.29) is 11.4 Å². The molecule has 1 aromatic rings. The van der Waals surface area contributed by atoms with Gasteiger partial charge in [-0.1, -0.05) is 0 Å². The van der Waals surface area contributed by atoms with Crippen molar-refractivity contribution in [3.63, 3.8) is 0 Å². The van der Waals surface area contributed by atoms with Gasteiger partial charge in [0.15, 0.2) is 5.75 Å². The zero-order valence-corrected chi connectivity index (χ0v) is 11.4. The second kappa shape index (κ2) is 5.66. The van der Waals surface area contributed by atoms with Crippen LogP contribution in [0.3, 0.4) is 0 Å². The Morgan fingerprint density at radius 3 is 3.00 bits per heavy atom. The average molecular weight is 284 g/mol. The van der Waals surface area contributed by atoms with Gasteiger partial charge in [0.05, 0.1) is 17.6 Å². The number of ether oxygens (including phenoxy) is 1. The van der Waals surface area contributed by atoms with E-state index in [1.807, 2.05) is 0 Å². The highest BCUT2D eigenvalue weighted by Gasteiger charge is 2.31. The van der Waals surface area contributed by atoms with Gasteiger partial charge in [-0.2, -0.15) is 11.8 Å². The molecule has 1 aromatic carbocycles. The molecule has 7 heteroatoms. The van der Waals surface area contributed by atoms with Gasteiger partial charge in [-0.05, 0) is 18.2 Å². The SMILES string of the molecule is COc1cc(NCC2(O)CCSC2)ccc1[N+](=O)[O-]. The van der Waals surface area contributed by atoms with Crippen LogP contribution in [-0.2, 0) is 0 Å². The number of nitrogens with zero attached hydrogens (tertiary/aromatic N) is 1. The molecule has 0 saturated carbocycles. The van der Waals surface area contributed by atoms with Crippen LogP contribution >= 0.6 is 11.8 Å². The van der Waals surface area contributed by atoms with Crippen LogP contribution < -0.4 is 10.1 Å². The van der Waals surface area contributed by atoms with E-state index in [4.69, 9.17) is 4.74 Å². The van der Waals surface area contributed by atoms with Crippen LogP contribution in [0.5, 0.6) is 5.75 Å². The standard InChI is InChI=1S/C12H16N2O4S/c1-18-11-6-9(2-3-10(11)14(16)17)13-7-12(15)4-5-19-8-12/h2-3,6,13,15H,4-5,7-8H2,1H3. The number of benzene rings is 1. The van der Waals surface area contributed by atoms with Crippen molar-refractivity contribution in [3.05, 3.63) is 28.3 Å². The van der Waals surface area contributed by atoms with Gasteiger partial charge in [-0.15, -0.1) is 0 Å². The molecule has 0 amide bonds. The number of anilines is 1. The number of nitro benzene ring substituents is 1. The lowest BCUT2D eigenvalue weighted by atomic mass is 10.0. The van der Waals surface area contributed by atoms with Crippen molar-refractivity contribution in [2.24, 2.45) is 0 Å². The molecule has 0 radical (unpaired) electrons. The summed E-state index contributed by atoms with van der Waals surface area (Å²) in [6.45, 7) is 0.432. The largest absolute Gasteiger partial charge is 0.490 e. The number of nitro groups is 1. The zero-order valence-electron chi connectivity index (χ0n) is 10.6. The van der Waals surface area contributed by atoms with Crippen LogP contribution in [0.4, 0.5) is 11.4 Å². The van der Waals surface area contributed by atoms with Gasteiger partial charge in [0, 0.05) is 30.1 Å². The van der Waals surface area contributed by atoms with Gasteiger partial charge in [-0.3, -0.25) is 10.1 Å². The highest BCUT2D eigenvalue weighted by atomic mass is 32.2. The Labute approximate surface area is 115 Å². The summed E-state index contributed by atoms with van der Waals surface area (Å²) in [4.78, 5) is 10.3. The maximum Gasteiger partial charge on any atom is 0.311 e. The zero-order chi connectivity index (χ0) is 13.9. The van der Waals surface area contributed by atoms with Gasteiger partial charge in [0.25, 0.3) is 0 Å². The van der Waals surface area contributed by atoms with Crippen LogP contribution in [0, 0.1) is 10.1 Å². The van der Waals surface area contributed by atoms with E-state index in [2.05, 4.69) is 5.32 Å². The quantitative estimate of drug-likeness (QED) is 0.634. The first-order valence-corrected chi connectivity index (χ1v) is 7.06. The Kier molecular flexibility index (Phi) is 4.16. The fourth-order valence-corrected chi connectivity index (χ4v) is 3.24. The van der Waals surface area contributed by atoms with Gasteiger partial charge >= 0.3 is 5.69 Å². The van der Waals surface area contributed by atoms with Crippen LogP contribution in [0.15, 0.2) is 18.2 Å². The molecule has 1 unspecified atom stereocenters. The van der Waals surface area contributed by atoms with Crippen molar-refractivity contribution in [3.8, 4) is 5.75 Å². The van der Waals surface area contributed by atoms with Crippen LogP contribution in [0.25, 0.3) is 0 Å². The number of rotatable bonds is 5. The Hall–Kier alpha value is -1.47. The normalized spacial score (nSPS) is 22.2. The van der Waals surface area contributed by atoms with E-state index in [1.54, 1.807) is 23.9 Å². The first-order valence-electron chi connectivity index (χ1n) is 5.90. The van der Waals surface area contributed by atoms with E-state index in [9.17, 15) is 15.2 Å². The Morgan fingerprint density at radius 1 is 1.63 bits per heavy atom. The van der Waals surface area contributed by atoms with Crippen molar-refractivity contribution >= 4 is 23.1 Å². The van der Waals surface area contributed by atoms with E-state index >= 15 is 0 Å². The monoisotopic (exact) mass is 284 g/mol. The molecule has 1 aliphatic heterocycles. The van der Waals surface area contributed by atoms with Gasteiger partial charge < -0.3 is 15.2 Å². The molecule has 2 N–H and O–H groups in total. The minimum atomic E-state index is -0.695. The number of aliphatic hydroxyl groups is 1. The number of thioether (sulfide) groups is 1. The molecule has 0 aromatic heterocycles. The predicted molar refractivity (Wildman–Crippen MR) is 75.0 cm³/mol. The fourth-order valence-electron chi connectivity index (χ4n) is 1.94. The summed E-state index contributed by atoms with van der Waals surface area (Å²) in [6, 6.07) is 4.59. The molecule has 1 fully saturated rings. The third kappa shape index (κ3) is 3.30. The second-order valence-electron chi connectivity index (χ2n) is 4.52. The molecule has 1 aliphatic rings. The average Bonchev–Trinajstić information content (AvgIpc) is 2.83. The maximum absolute atomic E-state index is 10.8. The lowest BCUT2D eigenvalue weighted by Crippen LogP contribution is -2.36. The number of hydrogen-bond acceptors (Lipinski definition) is 6. The van der Waals surface area contributed by atoms with E-state index in [1.165, 1.54) is 13.2 Å². The van der Waals surface area contributed by atoms with Crippen LogP contribution in [0.1, 0.15) is 6.42 Å². The molecule has 6 nitrogen and oxygen atoms in total. The minimum Gasteiger partial charge on any atom is -0.490 e. The van der Waals surface area contributed by atoms with E-state index < -0.39 is 10.5 Å². The lowest BCUT2D eigenvalue weighted by molar-refractivity contribution is -0.385. The van der Waals surface area contributed by atoms with Crippen molar-refractivity contribution in [2.75, 3.05) is 30.5 Å². The first kappa shape index (κ1) is 14.0. The summed E-state index contributed by atoms with van der Waals surface area (Å²) in [5, 5.41) is 24.1. The fraction of sp³-hybridized carbons (Fsp3) is 0.500. The van der Waals surface area contributed by atoms with Crippen molar-refractivity contribution in [1.82, 2.24) is 0 Å².